The summed E-state index contributed by atoms with van der Waals surface area (Å²) in [5.41, 5.74) is 0.784. The fraction of sp³-hybridized carbons (Fsp3) is 0.455. The smallest absolute Gasteiger partial charge is 0.183 e. The molecule has 16 heavy (non-hydrogen) atoms. The summed E-state index contributed by atoms with van der Waals surface area (Å²) in [5.74, 6) is 1.66. The zero-order chi connectivity index (χ0) is 11.0. The minimum Gasteiger partial charge on any atom is -0.316 e. The zero-order valence-corrected chi connectivity index (χ0v) is 8.94. The van der Waals surface area contributed by atoms with E-state index in [9.17, 15) is 4.79 Å². The van der Waals surface area contributed by atoms with Crippen LogP contribution in [0.1, 0.15) is 12.2 Å². The largest absolute Gasteiger partial charge is 0.316 e. The molecule has 2 aromatic heterocycles. The Balaban J connectivity index is 1.94. The molecule has 1 fully saturated rings. The van der Waals surface area contributed by atoms with E-state index in [1.165, 1.54) is 6.42 Å². The molecule has 0 saturated carbocycles. The van der Waals surface area contributed by atoms with Gasteiger partial charge in [0.05, 0.1) is 0 Å². The second kappa shape index (κ2) is 3.75. The number of rotatable bonds is 2. The Morgan fingerprint density at radius 2 is 2.50 bits per heavy atom. The summed E-state index contributed by atoms with van der Waals surface area (Å²) in [6.45, 7) is 2.16. The van der Waals surface area contributed by atoms with Gasteiger partial charge in [-0.3, -0.25) is 14.3 Å². The van der Waals surface area contributed by atoms with E-state index in [0.717, 1.165) is 31.0 Å². The van der Waals surface area contributed by atoms with Gasteiger partial charge in [-0.05, 0) is 25.4 Å². The molecule has 0 amide bonds. The van der Waals surface area contributed by atoms with Gasteiger partial charge in [0.25, 0.3) is 0 Å². The van der Waals surface area contributed by atoms with Crippen LogP contribution in [0, 0.1) is 5.92 Å². The first kappa shape index (κ1) is 9.59. The van der Waals surface area contributed by atoms with Crippen LogP contribution >= 0.6 is 0 Å². The van der Waals surface area contributed by atoms with Gasteiger partial charge in [0.2, 0.25) is 0 Å². The fourth-order valence-electron chi connectivity index (χ4n) is 2.26. The van der Waals surface area contributed by atoms with E-state index in [4.69, 9.17) is 0 Å². The maximum absolute atomic E-state index is 11.2. The minimum atomic E-state index is 0.0118. The highest BCUT2D eigenvalue weighted by atomic mass is 16.1. The average Bonchev–Trinajstić information content (AvgIpc) is 2.89. The standard InChI is InChI=1S/C11H14N4O/c16-9-2-4-15-10(13-14-11(15)6-9)5-8-1-3-12-7-8/h2,4,6,8,12,14H,1,3,5,7H2. The Hall–Kier alpha value is -1.62. The summed E-state index contributed by atoms with van der Waals surface area (Å²) in [5, 5.41) is 10.5. The number of aromatic nitrogens is 3. The van der Waals surface area contributed by atoms with Gasteiger partial charge in [-0.15, -0.1) is 0 Å². The van der Waals surface area contributed by atoms with Crippen LogP contribution in [0.4, 0.5) is 0 Å². The van der Waals surface area contributed by atoms with E-state index in [1.807, 2.05) is 4.40 Å². The van der Waals surface area contributed by atoms with Gasteiger partial charge in [-0.1, -0.05) is 0 Å². The Kier molecular flexibility index (Phi) is 2.25. The molecule has 0 aromatic carbocycles. The predicted molar refractivity (Wildman–Crippen MR) is 60.5 cm³/mol. The predicted octanol–water partition coefficient (Wildman–Crippen LogP) is 0.175. The number of hydrogen-bond acceptors (Lipinski definition) is 3. The molecule has 1 unspecified atom stereocenters. The maximum Gasteiger partial charge on any atom is 0.183 e. The molecule has 0 bridgehead atoms. The monoisotopic (exact) mass is 218 g/mol. The number of fused-ring (bicyclic) bond motifs is 1. The van der Waals surface area contributed by atoms with E-state index >= 15 is 0 Å². The third-order valence-electron chi connectivity index (χ3n) is 3.14. The van der Waals surface area contributed by atoms with Crippen molar-refractivity contribution in [3.63, 3.8) is 0 Å². The number of nitrogens with zero attached hydrogens (tertiary/aromatic N) is 2. The van der Waals surface area contributed by atoms with Crippen LogP contribution < -0.4 is 10.7 Å². The van der Waals surface area contributed by atoms with Crippen molar-refractivity contribution < 1.29 is 0 Å². The lowest BCUT2D eigenvalue weighted by Gasteiger charge is -2.05. The molecule has 1 aliphatic heterocycles. The van der Waals surface area contributed by atoms with Crippen molar-refractivity contribution in [3.8, 4) is 0 Å². The van der Waals surface area contributed by atoms with Gasteiger partial charge < -0.3 is 5.32 Å². The van der Waals surface area contributed by atoms with E-state index in [0.29, 0.717) is 5.92 Å². The first-order valence-electron chi connectivity index (χ1n) is 5.59. The second-order valence-corrected chi connectivity index (χ2v) is 4.32. The number of pyridine rings is 1. The molecule has 84 valence electrons. The lowest BCUT2D eigenvalue weighted by Crippen LogP contribution is -2.12. The maximum atomic E-state index is 11.2. The molecule has 2 aromatic rings. The minimum absolute atomic E-state index is 0.0118. The van der Waals surface area contributed by atoms with Crippen LogP contribution in [0.2, 0.25) is 0 Å². The molecular weight excluding hydrogens is 204 g/mol. The molecule has 5 heteroatoms. The van der Waals surface area contributed by atoms with Gasteiger partial charge in [-0.2, -0.15) is 5.10 Å². The normalized spacial score (nSPS) is 20.6. The number of nitrogens with one attached hydrogen (secondary N) is 2. The number of aromatic amines is 1. The van der Waals surface area contributed by atoms with Gasteiger partial charge >= 0.3 is 0 Å². The summed E-state index contributed by atoms with van der Waals surface area (Å²) < 4.78 is 1.96. The highest BCUT2D eigenvalue weighted by Gasteiger charge is 2.17. The van der Waals surface area contributed by atoms with Crippen LogP contribution in [0.3, 0.4) is 0 Å². The van der Waals surface area contributed by atoms with Gasteiger partial charge in [-0.25, -0.2) is 0 Å². The molecule has 0 aliphatic carbocycles. The fourth-order valence-corrected chi connectivity index (χ4v) is 2.26. The van der Waals surface area contributed by atoms with Crippen LogP contribution in [0.25, 0.3) is 5.65 Å². The summed E-state index contributed by atoms with van der Waals surface area (Å²) >= 11 is 0. The van der Waals surface area contributed by atoms with Crippen LogP contribution in [0.5, 0.6) is 0 Å². The van der Waals surface area contributed by atoms with Crippen molar-refractivity contribution in [2.75, 3.05) is 13.1 Å². The highest BCUT2D eigenvalue weighted by molar-refractivity contribution is 5.37. The second-order valence-electron chi connectivity index (χ2n) is 4.32. The van der Waals surface area contributed by atoms with E-state index < -0.39 is 0 Å². The lowest BCUT2D eigenvalue weighted by atomic mass is 10.1. The van der Waals surface area contributed by atoms with Crippen LogP contribution in [-0.2, 0) is 6.42 Å². The Morgan fingerprint density at radius 1 is 1.56 bits per heavy atom. The molecule has 3 rings (SSSR count). The SMILES string of the molecule is O=c1ccn2c(CC3CCNC3)n[nH]c2c1. The summed E-state index contributed by atoms with van der Waals surface area (Å²) in [7, 11) is 0. The van der Waals surface area contributed by atoms with Crippen molar-refractivity contribution in [3.05, 3.63) is 34.4 Å². The third-order valence-corrected chi connectivity index (χ3v) is 3.14. The molecule has 1 atom stereocenters. The topological polar surface area (TPSA) is 62.2 Å². The molecule has 2 N–H and O–H groups in total. The van der Waals surface area contributed by atoms with Crippen molar-refractivity contribution in [2.45, 2.75) is 12.8 Å². The molecule has 1 aliphatic rings. The summed E-state index contributed by atoms with van der Waals surface area (Å²) in [6, 6.07) is 3.14. The van der Waals surface area contributed by atoms with Crippen molar-refractivity contribution in [1.29, 1.82) is 0 Å². The van der Waals surface area contributed by atoms with E-state index in [2.05, 4.69) is 15.5 Å². The van der Waals surface area contributed by atoms with Gasteiger partial charge in [0.1, 0.15) is 11.5 Å². The lowest BCUT2D eigenvalue weighted by molar-refractivity contribution is 0.558. The molecule has 3 heterocycles. The summed E-state index contributed by atoms with van der Waals surface area (Å²) in [4.78, 5) is 11.2. The number of hydrogen-bond donors (Lipinski definition) is 2. The van der Waals surface area contributed by atoms with Gasteiger partial charge in [0, 0.05) is 24.8 Å². The van der Waals surface area contributed by atoms with Crippen LogP contribution in [-0.4, -0.2) is 27.7 Å². The van der Waals surface area contributed by atoms with Gasteiger partial charge in [0.15, 0.2) is 5.43 Å². The third kappa shape index (κ3) is 1.63. The Morgan fingerprint density at radius 3 is 3.31 bits per heavy atom. The molecule has 1 saturated heterocycles. The van der Waals surface area contributed by atoms with Crippen molar-refractivity contribution >= 4 is 5.65 Å². The first-order valence-corrected chi connectivity index (χ1v) is 5.59. The highest BCUT2D eigenvalue weighted by Crippen LogP contribution is 2.14. The van der Waals surface area contributed by atoms with Crippen LogP contribution in [0.15, 0.2) is 23.1 Å². The quantitative estimate of drug-likeness (QED) is 0.755. The van der Waals surface area contributed by atoms with E-state index in [-0.39, 0.29) is 5.43 Å². The Bertz CT molecular complexity index is 550. The number of H-pyrrole nitrogens is 1. The Labute approximate surface area is 92.5 Å². The summed E-state index contributed by atoms with van der Waals surface area (Å²) in [6.07, 6.45) is 3.95. The van der Waals surface area contributed by atoms with E-state index in [1.54, 1.807) is 18.3 Å². The van der Waals surface area contributed by atoms with Crippen molar-refractivity contribution in [2.24, 2.45) is 5.92 Å². The van der Waals surface area contributed by atoms with Crippen molar-refractivity contribution in [1.82, 2.24) is 19.9 Å². The molecule has 0 spiro atoms. The first-order chi connectivity index (χ1) is 7.83. The average molecular weight is 218 g/mol. The molecule has 5 nitrogen and oxygen atoms in total. The molecule has 0 radical (unpaired) electrons. The zero-order valence-electron chi connectivity index (χ0n) is 8.94. The molecular formula is C11H14N4O.